The summed E-state index contributed by atoms with van der Waals surface area (Å²) in [6.07, 6.45) is 0.808. The summed E-state index contributed by atoms with van der Waals surface area (Å²) >= 11 is 12.7. The molecule has 0 spiro atoms. The minimum absolute atomic E-state index is 0.706. The Bertz CT molecular complexity index is 873. The van der Waals surface area contributed by atoms with Gasteiger partial charge in [-0.05, 0) is 24.7 Å². The van der Waals surface area contributed by atoms with Gasteiger partial charge in [0, 0.05) is 31.8 Å². The van der Waals surface area contributed by atoms with Gasteiger partial charge in [-0.25, -0.2) is 4.99 Å². The minimum Gasteiger partial charge on any atom is -0.312 e. The van der Waals surface area contributed by atoms with Crippen LogP contribution < -0.4 is 0 Å². The van der Waals surface area contributed by atoms with E-state index in [2.05, 4.69) is 31.2 Å². The molecule has 0 saturated carbocycles. The molecule has 1 aromatic heterocycles. The van der Waals surface area contributed by atoms with Crippen molar-refractivity contribution in [2.24, 2.45) is 19.1 Å². The summed E-state index contributed by atoms with van der Waals surface area (Å²) in [6, 6.07) is 8.63. The van der Waals surface area contributed by atoms with Crippen LogP contribution >= 0.6 is 36.2 Å². The van der Waals surface area contributed by atoms with Crippen molar-refractivity contribution < 1.29 is 0 Å². The van der Waals surface area contributed by atoms with Gasteiger partial charge in [-0.3, -0.25) is 0 Å². The first-order chi connectivity index (χ1) is 10.5. The van der Waals surface area contributed by atoms with E-state index < -0.39 is 0 Å². The number of nitrogens with zero attached hydrogens (tertiary/aromatic N) is 3. The average molecular weight is 348 g/mol. The summed E-state index contributed by atoms with van der Waals surface area (Å²) in [5.74, 6) is 1.84. The highest BCUT2D eigenvalue weighted by Crippen LogP contribution is 2.32. The number of thioether (sulfide) groups is 1. The fraction of sp³-hybridized carbons (Fsp3) is 0.312. The lowest BCUT2D eigenvalue weighted by Gasteiger charge is -2.09. The smallest absolute Gasteiger partial charge is 0.181 e. The molecule has 0 fully saturated rings. The lowest BCUT2D eigenvalue weighted by Crippen LogP contribution is -2.07. The van der Waals surface area contributed by atoms with Gasteiger partial charge in [0.25, 0.3) is 0 Å². The van der Waals surface area contributed by atoms with Gasteiger partial charge < -0.3 is 9.13 Å². The number of hydrogen-bond acceptors (Lipinski definition) is 4. The maximum Gasteiger partial charge on any atom is 0.181 e. The predicted octanol–water partition coefficient (Wildman–Crippen LogP) is 4.65. The van der Waals surface area contributed by atoms with Gasteiger partial charge in [0.15, 0.2) is 4.77 Å². The molecule has 0 aliphatic carbocycles. The van der Waals surface area contributed by atoms with Crippen LogP contribution in [0, 0.1) is 16.3 Å². The molecule has 0 N–H and O–H groups in total. The van der Waals surface area contributed by atoms with Crippen LogP contribution in [0.4, 0.5) is 5.82 Å². The Morgan fingerprint density at radius 3 is 2.50 bits per heavy atom. The van der Waals surface area contributed by atoms with Crippen molar-refractivity contribution >= 4 is 47.1 Å². The first-order valence-electron chi connectivity index (χ1n) is 7.02. The molecule has 22 heavy (non-hydrogen) atoms. The van der Waals surface area contributed by atoms with E-state index in [4.69, 9.17) is 29.4 Å². The van der Waals surface area contributed by atoms with E-state index in [1.807, 2.05) is 23.2 Å². The third-order valence-electron chi connectivity index (χ3n) is 3.81. The number of benzene rings is 1. The first-order valence-corrected chi connectivity index (χ1v) is 8.82. The quantitative estimate of drug-likeness (QED) is 0.738. The van der Waals surface area contributed by atoms with Crippen LogP contribution in [0.1, 0.15) is 16.7 Å². The normalized spacial score (nSPS) is 13.1. The SMILES string of the molecule is Cc1ccc(CSC2=Nc3c(c(=S)n(C)c(=S)n3C)C2)cc1. The van der Waals surface area contributed by atoms with Crippen molar-refractivity contribution in [2.75, 3.05) is 0 Å². The Morgan fingerprint density at radius 1 is 1.14 bits per heavy atom. The molecule has 1 aliphatic rings. The summed E-state index contributed by atoms with van der Waals surface area (Å²) in [4.78, 5) is 4.74. The molecule has 2 aromatic rings. The molecule has 0 atom stereocenters. The Kier molecular flexibility index (Phi) is 4.34. The molecule has 0 bridgehead atoms. The van der Waals surface area contributed by atoms with Gasteiger partial charge in [-0.2, -0.15) is 0 Å². The van der Waals surface area contributed by atoms with Gasteiger partial charge in [0.2, 0.25) is 0 Å². The third kappa shape index (κ3) is 2.83. The van der Waals surface area contributed by atoms with E-state index in [9.17, 15) is 0 Å². The van der Waals surface area contributed by atoms with Gasteiger partial charge in [-0.15, -0.1) is 11.8 Å². The number of rotatable bonds is 2. The molecule has 1 aliphatic heterocycles. The highest BCUT2D eigenvalue weighted by Gasteiger charge is 2.20. The molecule has 0 amide bonds. The van der Waals surface area contributed by atoms with Crippen molar-refractivity contribution in [1.29, 1.82) is 0 Å². The number of hydrogen-bond donors (Lipinski definition) is 0. The molecular formula is C16H17N3S3. The third-order valence-corrected chi connectivity index (χ3v) is 5.92. The van der Waals surface area contributed by atoms with E-state index in [-0.39, 0.29) is 0 Å². The maximum atomic E-state index is 5.51. The molecule has 0 unspecified atom stereocenters. The number of aliphatic imine (C=N–C) groups is 1. The molecule has 6 heteroatoms. The van der Waals surface area contributed by atoms with Crippen molar-refractivity contribution in [1.82, 2.24) is 9.13 Å². The van der Waals surface area contributed by atoms with Crippen LogP contribution in [-0.2, 0) is 26.3 Å². The Morgan fingerprint density at radius 2 is 1.82 bits per heavy atom. The molecule has 0 radical (unpaired) electrons. The zero-order valence-corrected chi connectivity index (χ0v) is 15.2. The van der Waals surface area contributed by atoms with Crippen LogP contribution in [0.2, 0.25) is 0 Å². The molecule has 3 rings (SSSR count). The van der Waals surface area contributed by atoms with Crippen molar-refractivity contribution in [2.45, 2.75) is 19.1 Å². The molecular weight excluding hydrogens is 330 g/mol. The maximum absolute atomic E-state index is 5.51. The predicted molar refractivity (Wildman–Crippen MR) is 99.3 cm³/mol. The van der Waals surface area contributed by atoms with Crippen molar-refractivity contribution in [3.63, 3.8) is 0 Å². The second-order valence-corrected chi connectivity index (χ2v) is 7.26. The highest BCUT2D eigenvalue weighted by molar-refractivity contribution is 8.13. The molecule has 3 nitrogen and oxygen atoms in total. The van der Waals surface area contributed by atoms with Crippen LogP contribution in [0.3, 0.4) is 0 Å². The fourth-order valence-corrected chi connectivity index (χ4v) is 3.85. The Labute approximate surface area is 144 Å². The lowest BCUT2D eigenvalue weighted by atomic mass is 10.2. The molecule has 0 saturated heterocycles. The van der Waals surface area contributed by atoms with Crippen LogP contribution in [0.25, 0.3) is 0 Å². The number of fused-ring (bicyclic) bond motifs is 1. The van der Waals surface area contributed by atoms with E-state index in [1.54, 1.807) is 11.8 Å². The van der Waals surface area contributed by atoms with E-state index in [0.717, 1.165) is 33.2 Å². The zero-order valence-electron chi connectivity index (χ0n) is 12.8. The molecule has 2 heterocycles. The van der Waals surface area contributed by atoms with Crippen molar-refractivity contribution in [3.8, 4) is 0 Å². The second-order valence-electron chi connectivity index (χ2n) is 5.46. The van der Waals surface area contributed by atoms with Gasteiger partial charge in [0.05, 0.1) is 5.04 Å². The largest absolute Gasteiger partial charge is 0.312 e. The van der Waals surface area contributed by atoms with Gasteiger partial charge in [0.1, 0.15) is 10.5 Å². The lowest BCUT2D eigenvalue weighted by molar-refractivity contribution is 0.728. The summed E-state index contributed by atoms with van der Waals surface area (Å²) in [5.41, 5.74) is 3.71. The summed E-state index contributed by atoms with van der Waals surface area (Å²) in [6.45, 7) is 2.10. The number of aromatic nitrogens is 2. The fourth-order valence-electron chi connectivity index (χ4n) is 2.44. The van der Waals surface area contributed by atoms with Crippen LogP contribution in [0.15, 0.2) is 29.3 Å². The molecule has 114 valence electrons. The summed E-state index contributed by atoms with van der Waals surface area (Å²) < 4.78 is 5.33. The number of aryl methyl sites for hydroxylation is 1. The van der Waals surface area contributed by atoms with Gasteiger partial charge in [-0.1, -0.05) is 42.0 Å². The topological polar surface area (TPSA) is 22.2 Å². The Balaban J connectivity index is 1.83. The standard InChI is InChI=1S/C16H17N3S3/c1-10-4-6-11(7-5-10)9-22-13-8-12-14(17-13)18(2)16(21)19(3)15(12)20/h4-7H,8-9H2,1-3H3. The second kappa shape index (κ2) is 6.10. The van der Waals surface area contributed by atoms with E-state index >= 15 is 0 Å². The molecule has 1 aromatic carbocycles. The summed E-state index contributed by atoms with van der Waals surface area (Å²) in [7, 11) is 3.87. The summed E-state index contributed by atoms with van der Waals surface area (Å²) in [5, 5.41) is 1.11. The average Bonchev–Trinajstić information content (AvgIpc) is 2.95. The van der Waals surface area contributed by atoms with Crippen LogP contribution in [-0.4, -0.2) is 14.2 Å². The van der Waals surface area contributed by atoms with Crippen molar-refractivity contribution in [3.05, 3.63) is 50.4 Å². The van der Waals surface area contributed by atoms with E-state index in [1.165, 1.54) is 11.1 Å². The van der Waals surface area contributed by atoms with Gasteiger partial charge >= 0.3 is 0 Å². The highest BCUT2D eigenvalue weighted by atomic mass is 32.2. The Hall–Kier alpha value is -1.24. The monoisotopic (exact) mass is 347 g/mol. The minimum atomic E-state index is 0.706. The van der Waals surface area contributed by atoms with Crippen LogP contribution in [0.5, 0.6) is 0 Å². The first kappa shape index (κ1) is 15.6. The zero-order chi connectivity index (χ0) is 15.9. The van der Waals surface area contributed by atoms with E-state index in [0.29, 0.717) is 4.77 Å².